The van der Waals surface area contributed by atoms with E-state index in [4.69, 9.17) is 5.11 Å². The van der Waals surface area contributed by atoms with Crippen molar-refractivity contribution in [2.45, 2.75) is 64.6 Å². The molecule has 2 aliphatic carbocycles. The molecule has 0 saturated heterocycles. The van der Waals surface area contributed by atoms with E-state index < -0.39 is 17.7 Å². The van der Waals surface area contributed by atoms with Crippen molar-refractivity contribution >= 4 is 5.97 Å². The average Bonchev–Trinajstić information content (AvgIpc) is 2.43. The Labute approximate surface area is 138 Å². The van der Waals surface area contributed by atoms with Gasteiger partial charge in [-0.3, -0.25) is 0 Å². The number of hydrogen-bond donors (Lipinski definition) is 3. The molecule has 0 aromatic carbocycles. The number of allylic oxidation sites excluding steroid dienone is 1. The highest BCUT2D eigenvalue weighted by Gasteiger charge is 2.51. The van der Waals surface area contributed by atoms with Crippen molar-refractivity contribution in [3.05, 3.63) is 23.8 Å². The third-order valence-corrected chi connectivity index (χ3v) is 5.81. The first-order valence-electron chi connectivity index (χ1n) is 8.74. The van der Waals surface area contributed by atoms with Crippen molar-refractivity contribution in [1.29, 1.82) is 0 Å². The minimum Gasteiger partial charge on any atom is -0.478 e. The van der Waals surface area contributed by atoms with Crippen LogP contribution < -0.4 is 0 Å². The van der Waals surface area contributed by atoms with Gasteiger partial charge in [-0.1, -0.05) is 26.0 Å². The molecule has 2 aliphatic rings. The first-order chi connectivity index (χ1) is 10.8. The van der Waals surface area contributed by atoms with Crippen LogP contribution in [0.4, 0.5) is 0 Å². The molecule has 1 saturated carbocycles. The fourth-order valence-electron chi connectivity index (χ4n) is 4.91. The molecule has 0 aliphatic heterocycles. The third-order valence-electron chi connectivity index (χ3n) is 5.81. The zero-order valence-corrected chi connectivity index (χ0v) is 14.4. The first-order valence-corrected chi connectivity index (χ1v) is 8.74. The lowest BCUT2D eigenvalue weighted by molar-refractivity contribution is -0.131. The quantitative estimate of drug-likeness (QED) is 0.413. The van der Waals surface area contributed by atoms with Gasteiger partial charge in [0.05, 0.1) is 11.7 Å². The topological polar surface area (TPSA) is 77.8 Å². The molecule has 1 fully saturated rings. The molecule has 0 unspecified atom stereocenters. The van der Waals surface area contributed by atoms with E-state index in [2.05, 4.69) is 13.8 Å². The second-order valence-electron chi connectivity index (χ2n) is 7.64. The largest absolute Gasteiger partial charge is 0.478 e. The molecule has 0 radical (unpaired) electrons. The zero-order chi connectivity index (χ0) is 17.2. The van der Waals surface area contributed by atoms with Crippen molar-refractivity contribution in [3.63, 3.8) is 0 Å². The first kappa shape index (κ1) is 18.2. The SMILES string of the molecule is CC1=C[C@@H](O)[C@H]2C[C@@H](C)C[C@@H](C)[C@@H]2[C@@]1(O)CCC/C=C/C(=O)O. The van der Waals surface area contributed by atoms with E-state index in [0.29, 0.717) is 24.7 Å². The van der Waals surface area contributed by atoms with Gasteiger partial charge in [-0.15, -0.1) is 0 Å². The van der Waals surface area contributed by atoms with Gasteiger partial charge in [0.2, 0.25) is 0 Å². The van der Waals surface area contributed by atoms with E-state index in [9.17, 15) is 15.0 Å². The van der Waals surface area contributed by atoms with Gasteiger partial charge in [0.25, 0.3) is 0 Å². The minimum absolute atomic E-state index is 0.0853. The van der Waals surface area contributed by atoms with Gasteiger partial charge in [0.15, 0.2) is 0 Å². The molecule has 4 heteroatoms. The predicted octanol–water partition coefficient (Wildman–Crippen LogP) is 3.15. The van der Waals surface area contributed by atoms with E-state index in [1.165, 1.54) is 0 Å². The molecule has 4 nitrogen and oxygen atoms in total. The van der Waals surface area contributed by atoms with Crippen molar-refractivity contribution < 1.29 is 20.1 Å². The van der Waals surface area contributed by atoms with Crippen LogP contribution >= 0.6 is 0 Å². The Morgan fingerprint density at radius 1 is 1.39 bits per heavy atom. The van der Waals surface area contributed by atoms with E-state index >= 15 is 0 Å². The van der Waals surface area contributed by atoms with Crippen LogP contribution in [-0.4, -0.2) is 33.0 Å². The Balaban J connectivity index is 2.13. The molecular weight excluding hydrogens is 292 g/mol. The summed E-state index contributed by atoms with van der Waals surface area (Å²) in [4.78, 5) is 10.5. The van der Waals surface area contributed by atoms with Crippen molar-refractivity contribution in [3.8, 4) is 0 Å². The number of carbonyl (C=O) groups is 1. The maximum atomic E-state index is 11.4. The molecular formula is C19H30O4. The molecule has 0 bridgehead atoms. The molecule has 3 N–H and O–H groups in total. The van der Waals surface area contributed by atoms with Crippen molar-refractivity contribution in [2.75, 3.05) is 0 Å². The molecule has 23 heavy (non-hydrogen) atoms. The van der Waals surface area contributed by atoms with Crippen molar-refractivity contribution in [2.24, 2.45) is 23.7 Å². The normalized spacial score (nSPS) is 40.7. The average molecular weight is 322 g/mol. The zero-order valence-electron chi connectivity index (χ0n) is 14.4. The van der Waals surface area contributed by atoms with Crippen LogP contribution in [-0.2, 0) is 4.79 Å². The fraction of sp³-hybridized carbons (Fsp3) is 0.737. The standard InChI is InChI=1S/C19H30O4/c1-12-9-13(2)18-15(10-12)16(20)11-14(3)19(18,23)8-6-4-5-7-17(21)22/h5,7,11-13,15-16,18,20,23H,4,6,8-10H2,1-3H3,(H,21,22)/b7-5+/t12-,13+,15+,16+,18-,19+/m0/s1. The van der Waals surface area contributed by atoms with Gasteiger partial charge in [-0.2, -0.15) is 0 Å². The maximum absolute atomic E-state index is 11.4. The number of rotatable bonds is 5. The molecule has 0 amide bonds. The summed E-state index contributed by atoms with van der Waals surface area (Å²) in [5, 5.41) is 30.5. The number of carboxylic acid groups (broad SMARTS) is 1. The molecule has 130 valence electrons. The molecule has 0 aromatic heterocycles. The Kier molecular flexibility index (Phi) is 5.69. The van der Waals surface area contributed by atoms with Crippen LogP contribution in [0.1, 0.15) is 52.9 Å². The summed E-state index contributed by atoms with van der Waals surface area (Å²) in [5.41, 5.74) is -0.00424. The van der Waals surface area contributed by atoms with Crippen LogP contribution in [0.2, 0.25) is 0 Å². The van der Waals surface area contributed by atoms with Crippen LogP contribution in [0, 0.1) is 23.7 Å². The van der Waals surface area contributed by atoms with E-state index in [0.717, 1.165) is 30.9 Å². The summed E-state index contributed by atoms with van der Waals surface area (Å²) in [6.45, 7) is 6.32. The van der Waals surface area contributed by atoms with Crippen LogP contribution in [0.15, 0.2) is 23.8 Å². The Morgan fingerprint density at radius 3 is 2.74 bits per heavy atom. The van der Waals surface area contributed by atoms with Crippen LogP contribution in [0.25, 0.3) is 0 Å². The van der Waals surface area contributed by atoms with Gasteiger partial charge >= 0.3 is 5.97 Å². The van der Waals surface area contributed by atoms with Gasteiger partial charge in [-0.05, 0) is 68.3 Å². The van der Waals surface area contributed by atoms with E-state index in [1.54, 1.807) is 6.08 Å². The number of aliphatic carboxylic acids is 1. The maximum Gasteiger partial charge on any atom is 0.327 e. The summed E-state index contributed by atoms with van der Waals surface area (Å²) in [6, 6.07) is 0. The lowest BCUT2D eigenvalue weighted by Gasteiger charge is -2.53. The third kappa shape index (κ3) is 3.86. The molecule has 2 rings (SSSR count). The summed E-state index contributed by atoms with van der Waals surface area (Å²) >= 11 is 0. The van der Waals surface area contributed by atoms with Crippen LogP contribution in [0.3, 0.4) is 0 Å². The van der Waals surface area contributed by atoms with Gasteiger partial charge < -0.3 is 15.3 Å². The Hall–Kier alpha value is -1.13. The Bertz CT molecular complexity index is 496. The highest BCUT2D eigenvalue weighted by atomic mass is 16.4. The second kappa shape index (κ2) is 7.18. The second-order valence-corrected chi connectivity index (χ2v) is 7.64. The van der Waals surface area contributed by atoms with Gasteiger partial charge in [-0.25, -0.2) is 4.79 Å². The van der Waals surface area contributed by atoms with Gasteiger partial charge in [0, 0.05) is 6.08 Å². The number of aliphatic hydroxyl groups excluding tert-OH is 1. The van der Waals surface area contributed by atoms with E-state index in [-0.39, 0.29) is 11.8 Å². The number of fused-ring (bicyclic) bond motifs is 1. The van der Waals surface area contributed by atoms with E-state index in [1.807, 2.05) is 13.0 Å². The molecule has 6 atom stereocenters. The Morgan fingerprint density at radius 2 is 2.09 bits per heavy atom. The highest BCUT2D eigenvalue weighted by Crippen LogP contribution is 2.51. The predicted molar refractivity (Wildman–Crippen MR) is 89.9 cm³/mol. The summed E-state index contributed by atoms with van der Waals surface area (Å²) in [6.07, 6.45) is 8.23. The summed E-state index contributed by atoms with van der Waals surface area (Å²) in [5.74, 6) is 0.228. The lowest BCUT2D eigenvalue weighted by atomic mass is 9.56. The number of hydrogen-bond acceptors (Lipinski definition) is 3. The van der Waals surface area contributed by atoms with Gasteiger partial charge in [0.1, 0.15) is 0 Å². The van der Waals surface area contributed by atoms with Crippen LogP contribution in [0.5, 0.6) is 0 Å². The minimum atomic E-state index is -0.935. The van der Waals surface area contributed by atoms with Crippen molar-refractivity contribution in [1.82, 2.24) is 0 Å². The fourth-order valence-corrected chi connectivity index (χ4v) is 4.91. The smallest absolute Gasteiger partial charge is 0.327 e. The molecule has 0 spiro atoms. The number of aliphatic hydroxyl groups is 2. The highest BCUT2D eigenvalue weighted by molar-refractivity contribution is 5.79. The number of carboxylic acids is 1. The number of unbranched alkanes of at least 4 members (excludes halogenated alkanes) is 1. The monoisotopic (exact) mass is 322 g/mol. The molecule has 0 heterocycles. The lowest BCUT2D eigenvalue weighted by Crippen LogP contribution is -2.54. The molecule has 0 aromatic rings. The summed E-state index contributed by atoms with van der Waals surface area (Å²) < 4.78 is 0. The summed E-state index contributed by atoms with van der Waals surface area (Å²) in [7, 11) is 0.